The number of aromatic nitrogens is 3. The molecule has 3 aromatic rings. The lowest BCUT2D eigenvalue weighted by Gasteiger charge is -2.12. The van der Waals surface area contributed by atoms with Gasteiger partial charge in [-0.15, -0.1) is 10.2 Å². The van der Waals surface area contributed by atoms with E-state index in [0.29, 0.717) is 36.9 Å². The van der Waals surface area contributed by atoms with Crippen LogP contribution in [0.25, 0.3) is 5.65 Å². The summed E-state index contributed by atoms with van der Waals surface area (Å²) in [6.07, 6.45) is 1.91. The Morgan fingerprint density at radius 2 is 1.96 bits per heavy atom. The second kappa shape index (κ2) is 9.36. The number of carbonyl (C=O) groups is 1. The van der Waals surface area contributed by atoms with E-state index in [9.17, 15) is 4.79 Å². The van der Waals surface area contributed by atoms with Gasteiger partial charge in [-0.3, -0.25) is 14.2 Å². The third-order valence-corrected chi connectivity index (χ3v) is 4.06. The van der Waals surface area contributed by atoms with Gasteiger partial charge in [0.1, 0.15) is 5.75 Å². The van der Waals surface area contributed by atoms with Gasteiger partial charge in [0.15, 0.2) is 17.4 Å². The number of guanidine groups is 1. The third kappa shape index (κ3) is 4.76. The number of hydrogen-bond acceptors (Lipinski definition) is 5. The zero-order chi connectivity index (χ0) is 19.8. The van der Waals surface area contributed by atoms with Crippen molar-refractivity contribution in [2.75, 3.05) is 27.2 Å². The van der Waals surface area contributed by atoms with Crippen LogP contribution in [0.1, 0.15) is 16.2 Å². The fourth-order valence-corrected chi connectivity index (χ4v) is 2.62. The number of nitrogens with zero attached hydrogens (tertiary/aromatic N) is 4. The first-order chi connectivity index (χ1) is 13.7. The zero-order valence-corrected chi connectivity index (χ0v) is 15.8. The number of pyridine rings is 1. The molecule has 0 fully saturated rings. The van der Waals surface area contributed by atoms with Gasteiger partial charge in [0.05, 0.1) is 13.7 Å². The van der Waals surface area contributed by atoms with Crippen LogP contribution in [0.4, 0.5) is 0 Å². The van der Waals surface area contributed by atoms with E-state index in [1.807, 2.05) is 28.8 Å². The lowest BCUT2D eigenvalue weighted by molar-refractivity contribution is 0.0954. The topological polar surface area (TPSA) is 105 Å². The lowest BCUT2D eigenvalue weighted by atomic mass is 10.2. The summed E-state index contributed by atoms with van der Waals surface area (Å²) in [6.45, 7) is 1.45. The second-order valence-corrected chi connectivity index (χ2v) is 5.89. The van der Waals surface area contributed by atoms with Crippen LogP contribution in [-0.4, -0.2) is 53.7 Å². The van der Waals surface area contributed by atoms with Crippen molar-refractivity contribution in [2.45, 2.75) is 6.54 Å². The van der Waals surface area contributed by atoms with Gasteiger partial charge in [-0.2, -0.15) is 0 Å². The van der Waals surface area contributed by atoms with Crippen molar-refractivity contribution in [1.82, 2.24) is 30.5 Å². The van der Waals surface area contributed by atoms with Gasteiger partial charge < -0.3 is 20.7 Å². The fourth-order valence-electron chi connectivity index (χ4n) is 2.62. The zero-order valence-electron chi connectivity index (χ0n) is 15.8. The van der Waals surface area contributed by atoms with Crippen LogP contribution in [0.5, 0.6) is 5.75 Å². The first-order valence-corrected chi connectivity index (χ1v) is 8.86. The van der Waals surface area contributed by atoms with Gasteiger partial charge in [-0.1, -0.05) is 12.1 Å². The maximum absolute atomic E-state index is 12.2. The predicted octanol–water partition coefficient (Wildman–Crippen LogP) is 0.833. The number of carbonyl (C=O) groups excluding carboxylic acids is 1. The molecule has 0 aliphatic heterocycles. The van der Waals surface area contributed by atoms with Crippen molar-refractivity contribution in [3.63, 3.8) is 0 Å². The molecule has 9 nitrogen and oxygen atoms in total. The van der Waals surface area contributed by atoms with E-state index in [1.54, 1.807) is 38.4 Å². The van der Waals surface area contributed by atoms with Crippen molar-refractivity contribution in [3.05, 3.63) is 60.0 Å². The summed E-state index contributed by atoms with van der Waals surface area (Å²) in [7, 11) is 3.26. The normalized spacial score (nSPS) is 11.3. The van der Waals surface area contributed by atoms with E-state index in [0.717, 1.165) is 11.5 Å². The molecule has 0 bridgehead atoms. The van der Waals surface area contributed by atoms with Crippen LogP contribution in [0, 0.1) is 0 Å². The number of fused-ring (bicyclic) bond motifs is 1. The molecule has 0 unspecified atom stereocenters. The number of hydrogen-bond donors (Lipinski definition) is 3. The molecule has 0 radical (unpaired) electrons. The van der Waals surface area contributed by atoms with Crippen molar-refractivity contribution in [1.29, 1.82) is 0 Å². The van der Waals surface area contributed by atoms with Crippen molar-refractivity contribution in [3.8, 4) is 5.75 Å². The molecule has 28 heavy (non-hydrogen) atoms. The number of methoxy groups -OCH3 is 1. The van der Waals surface area contributed by atoms with Crippen LogP contribution in [0.2, 0.25) is 0 Å². The van der Waals surface area contributed by atoms with Crippen molar-refractivity contribution in [2.24, 2.45) is 4.99 Å². The molecule has 9 heteroatoms. The molecular weight excluding hydrogens is 358 g/mol. The molecule has 2 aromatic heterocycles. The maximum Gasteiger partial charge on any atom is 0.251 e. The Morgan fingerprint density at radius 3 is 2.79 bits per heavy atom. The summed E-state index contributed by atoms with van der Waals surface area (Å²) in [6, 6.07) is 12.8. The highest BCUT2D eigenvalue weighted by Crippen LogP contribution is 2.12. The SMILES string of the molecule is CN=C(NCCNC(=O)c1cccc(OC)c1)NCc1nnc2ccccn12. The fraction of sp³-hybridized carbons (Fsp3) is 0.263. The molecule has 2 heterocycles. The van der Waals surface area contributed by atoms with Gasteiger partial charge in [-0.25, -0.2) is 0 Å². The highest BCUT2D eigenvalue weighted by atomic mass is 16.5. The van der Waals surface area contributed by atoms with Gasteiger partial charge in [0.2, 0.25) is 0 Å². The Bertz CT molecular complexity index is 968. The highest BCUT2D eigenvalue weighted by molar-refractivity contribution is 5.94. The van der Waals surface area contributed by atoms with Crippen LogP contribution in [0.15, 0.2) is 53.7 Å². The average Bonchev–Trinajstić information content (AvgIpc) is 3.16. The number of aliphatic imine (C=N–C) groups is 1. The Balaban J connectivity index is 1.43. The van der Waals surface area contributed by atoms with E-state index in [4.69, 9.17) is 4.74 Å². The third-order valence-electron chi connectivity index (χ3n) is 4.06. The monoisotopic (exact) mass is 381 g/mol. The van der Waals surface area contributed by atoms with Gasteiger partial charge >= 0.3 is 0 Å². The molecule has 0 spiro atoms. The second-order valence-electron chi connectivity index (χ2n) is 5.89. The van der Waals surface area contributed by atoms with E-state index >= 15 is 0 Å². The van der Waals surface area contributed by atoms with E-state index < -0.39 is 0 Å². The first-order valence-electron chi connectivity index (χ1n) is 8.86. The summed E-state index contributed by atoms with van der Waals surface area (Å²) in [4.78, 5) is 16.3. The molecule has 1 amide bonds. The molecule has 0 aliphatic rings. The molecule has 0 saturated carbocycles. The Hall–Kier alpha value is -3.62. The van der Waals surface area contributed by atoms with E-state index in [2.05, 4.69) is 31.1 Å². The van der Waals surface area contributed by atoms with Gasteiger partial charge in [0.25, 0.3) is 5.91 Å². The standard InChI is InChI=1S/C19H23N7O2/c1-20-19(23-13-17-25-24-16-8-3-4-11-26(16)17)22-10-9-21-18(27)14-6-5-7-15(12-14)28-2/h3-8,11-12H,9-10,13H2,1-2H3,(H,21,27)(H2,20,22,23). The number of benzene rings is 1. The van der Waals surface area contributed by atoms with E-state index in [1.165, 1.54) is 0 Å². The van der Waals surface area contributed by atoms with Crippen molar-refractivity contribution < 1.29 is 9.53 Å². The van der Waals surface area contributed by atoms with Crippen LogP contribution < -0.4 is 20.7 Å². The summed E-state index contributed by atoms with van der Waals surface area (Å²) >= 11 is 0. The minimum Gasteiger partial charge on any atom is -0.497 e. The van der Waals surface area contributed by atoms with Crippen LogP contribution >= 0.6 is 0 Å². The Morgan fingerprint density at radius 1 is 1.11 bits per heavy atom. The van der Waals surface area contributed by atoms with Gasteiger partial charge in [-0.05, 0) is 30.3 Å². The number of rotatable bonds is 7. The molecule has 3 N–H and O–H groups in total. The average molecular weight is 381 g/mol. The molecule has 0 aliphatic carbocycles. The lowest BCUT2D eigenvalue weighted by Crippen LogP contribution is -2.41. The van der Waals surface area contributed by atoms with Crippen LogP contribution in [-0.2, 0) is 6.54 Å². The Kier molecular flexibility index (Phi) is 6.40. The molecule has 0 atom stereocenters. The molecule has 146 valence electrons. The Labute approximate surface area is 162 Å². The largest absolute Gasteiger partial charge is 0.497 e. The highest BCUT2D eigenvalue weighted by Gasteiger charge is 2.07. The molecule has 0 saturated heterocycles. The summed E-state index contributed by atoms with van der Waals surface area (Å²) < 4.78 is 7.04. The molecular formula is C19H23N7O2. The van der Waals surface area contributed by atoms with E-state index in [-0.39, 0.29) is 5.91 Å². The number of amides is 1. The number of ether oxygens (including phenoxy) is 1. The summed E-state index contributed by atoms with van der Waals surface area (Å²) in [5.41, 5.74) is 1.35. The molecule has 1 aromatic carbocycles. The van der Waals surface area contributed by atoms with Crippen LogP contribution in [0.3, 0.4) is 0 Å². The minimum absolute atomic E-state index is 0.154. The maximum atomic E-state index is 12.2. The summed E-state index contributed by atoms with van der Waals surface area (Å²) in [5, 5.41) is 17.5. The smallest absolute Gasteiger partial charge is 0.251 e. The minimum atomic E-state index is -0.154. The summed E-state index contributed by atoms with van der Waals surface area (Å²) in [5.74, 6) is 1.89. The molecule has 3 rings (SSSR count). The predicted molar refractivity (Wildman–Crippen MR) is 107 cm³/mol. The van der Waals surface area contributed by atoms with Crippen molar-refractivity contribution >= 4 is 17.5 Å². The van der Waals surface area contributed by atoms with Gasteiger partial charge in [0, 0.05) is 31.9 Å². The number of nitrogens with one attached hydrogen (secondary N) is 3. The quantitative estimate of drug-likeness (QED) is 0.318. The first kappa shape index (κ1) is 19.2.